The van der Waals surface area contributed by atoms with Crippen LogP contribution in [0.3, 0.4) is 0 Å². The van der Waals surface area contributed by atoms with Gasteiger partial charge in [-0.3, -0.25) is 4.99 Å². The molecule has 4 rings (SSSR count). The lowest BCUT2D eigenvalue weighted by Crippen LogP contribution is -2.00. The Morgan fingerprint density at radius 3 is 2.45 bits per heavy atom. The van der Waals surface area contributed by atoms with E-state index in [0.717, 1.165) is 24.5 Å². The highest BCUT2D eigenvalue weighted by Crippen LogP contribution is 2.23. The molecule has 0 aliphatic carbocycles. The van der Waals surface area contributed by atoms with Gasteiger partial charge >= 0.3 is 0 Å². The Bertz CT molecular complexity index is 672. The summed E-state index contributed by atoms with van der Waals surface area (Å²) in [5, 5.41) is 3.72. The van der Waals surface area contributed by atoms with Crippen molar-refractivity contribution in [3.63, 3.8) is 0 Å². The minimum absolute atomic E-state index is 0.747. The molecule has 0 atom stereocenters. The Morgan fingerprint density at radius 1 is 0.909 bits per heavy atom. The van der Waals surface area contributed by atoms with Crippen LogP contribution >= 0.6 is 0 Å². The third-order valence-electron chi connectivity index (χ3n) is 3.48. The number of ether oxygens (including phenoxy) is 1. The van der Waals surface area contributed by atoms with E-state index in [4.69, 9.17) is 9.57 Å². The van der Waals surface area contributed by atoms with Gasteiger partial charge in [0.05, 0.1) is 6.54 Å². The Hall–Kier alpha value is -2.62. The van der Waals surface area contributed by atoms with E-state index in [1.165, 1.54) is 28.7 Å². The molecule has 2 aromatic carbocycles. The van der Waals surface area contributed by atoms with Crippen molar-refractivity contribution in [2.45, 2.75) is 26.8 Å². The summed E-state index contributed by atoms with van der Waals surface area (Å²) < 4.78 is 5.19. The Morgan fingerprint density at radius 2 is 1.64 bits per heavy atom. The van der Waals surface area contributed by atoms with Crippen LogP contribution in [0, 0.1) is 13.8 Å². The van der Waals surface area contributed by atoms with Gasteiger partial charge in [-0.1, -0.05) is 40.5 Å². The summed E-state index contributed by atoms with van der Waals surface area (Å²) in [5.41, 5.74) is 4.92. The number of rotatable bonds is 0. The molecule has 22 heavy (non-hydrogen) atoms. The topological polar surface area (TPSA) is 43.2 Å². The van der Waals surface area contributed by atoms with E-state index in [0.29, 0.717) is 0 Å². The van der Waals surface area contributed by atoms with Crippen molar-refractivity contribution in [1.82, 2.24) is 0 Å². The molecule has 0 radical (unpaired) electrons. The number of benzene rings is 2. The predicted octanol–water partition coefficient (Wildman–Crippen LogP) is 3.83. The molecule has 2 aliphatic heterocycles. The van der Waals surface area contributed by atoms with Crippen LogP contribution in [0.25, 0.3) is 0 Å². The van der Waals surface area contributed by atoms with Crippen molar-refractivity contribution in [3.05, 3.63) is 58.7 Å². The maximum Gasteiger partial charge on any atom is 0.176 e. The van der Waals surface area contributed by atoms with Crippen LogP contribution in [0.1, 0.15) is 22.3 Å². The molecule has 2 aliphatic rings. The minimum Gasteiger partial charge on any atom is -0.446 e. The quantitative estimate of drug-likeness (QED) is 0.741. The molecule has 4 nitrogen and oxygen atoms in total. The summed E-state index contributed by atoms with van der Waals surface area (Å²) in [7, 11) is 0. The van der Waals surface area contributed by atoms with Crippen molar-refractivity contribution in [2.24, 2.45) is 10.1 Å². The number of oxime groups is 1. The zero-order valence-corrected chi connectivity index (χ0v) is 12.7. The van der Waals surface area contributed by atoms with Gasteiger partial charge in [0, 0.05) is 23.8 Å². The monoisotopic (exact) mass is 294 g/mol. The predicted molar refractivity (Wildman–Crippen MR) is 88.0 cm³/mol. The van der Waals surface area contributed by atoms with Gasteiger partial charge in [0.15, 0.2) is 12.2 Å². The summed E-state index contributed by atoms with van der Waals surface area (Å²) in [6.45, 7) is 4.89. The van der Waals surface area contributed by atoms with Crippen molar-refractivity contribution >= 4 is 12.6 Å². The fourth-order valence-electron chi connectivity index (χ4n) is 2.36. The summed E-state index contributed by atoms with van der Waals surface area (Å²) in [4.78, 5) is 9.06. The molecule has 0 N–H and O–H groups in total. The fourth-order valence-corrected chi connectivity index (χ4v) is 2.36. The Labute approximate surface area is 130 Å². The molecule has 0 fully saturated rings. The lowest BCUT2D eigenvalue weighted by molar-refractivity contribution is 0.333. The van der Waals surface area contributed by atoms with Crippen LogP contribution in [-0.2, 0) is 13.0 Å². The molecular weight excluding hydrogens is 276 g/mol. The van der Waals surface area contributed by atoms with Crippen LogP contribution in [0.15, 0.2) is 46.5 Å². The first kappa shape index (κ1) is 14.3. The van der Waals surface area contributed by atoms with Crippen LogP contribution in [0.5, 0.6) is 11.5 Å². The van der Waals surface area contributed by atoms with Gasteiger partial charge in [-0.15, -0.1) is 0 Å². The van der Waals surface area contributed by atoms with Gasteiger partial charge in [0.25, 0.3) is 0 Å². The average molecular weight is 294 g/mol. The van der Waals surface area contributed by atoms with Crippen molar-refractivity contribution in [1.29, 1.82) is 0 Å². The van der Waals surface area contributed by atoms with E-state index >= 15 is 0 Å². The summed E-state index contributed by atoms with van der Waals surface area (Å²) in [6.07, 6.45) is 4.16. The maximum atomic E-state index is 5.19. The van der Waals surface area contributed by atoms with E-state index < -0.39 is 0 Å². The van der Waals surface area contributed by atoms with Crippen LogP contribution in [-0.4, -0.2) is 12.6 Å². The zero-order valence-electron chi connectivity index (χ0n) is 12.7. The number of nitrogens with zero attached hydrogens (tertiary/aromatic N) is 2. The van der Waals surface area contributed by atoms with Gasteiger partial charge in [0.2, 0.25) is 0 Å². The first-order chi connectivity index (χ1) is 10.7. The van der Waals surface area contributed by atoms with Crippen molar-refractivity contribution in [3.8, 4) is 11.5 Å². The molecule has 0 aromatic heterocycles. The van der Waals surface area contributed by atoms with Gasteiger partial charge in [0.1, 0.15) is 5.75 Å². The van der Waals surface area contributed by atoms with Crippen molar-refractivity contribution in [2.75, 3.05) is 0 Å². The van der Waals surface area contributed by atoms with Gasteiger partial charge in [-0.25, -0.2) is 0 Å². The van der Waals surface area contributed by atoms with Gasteiger partial charge in [-0.05, 0) is 26.0 Å². The number of aryl methyl sites for hydroxylation is 2. The highest BCUT2D eigenvalue weighted by molar-refractivity contribution is 5.64. The third-order valence-corrected chi connectivity index (χ3v) is 3.48. The molecule has 0 saturated heterocycles. The number of aliphatic imine (C=N–C) groups is 1. The van der Waals surface area contributed by atoms with Gasteiger partial charge < -0.3 is 9.57 Å². The van der Waals surface area contributed by atoms with E-state index in [9.17, 15) is 0 Å². The maximum absolute atomic E-state index is 5.19. The van der Waals surface area contributed by atoms with E-state index in [1.54, 1.807) is 6.21 Å². The zero-order chi connectivity index (χ0) is 15.4. The van der Waals surface area contributed by atoms with Crippen LogP contribution in [0.4, 0.5) is 0 Å². The van der Waals surface area contributed by atoms with Crippen LogP contribution < -0.4 is 9.57 Å². The lowest BCUT2D eigenvalue weighted by atomic mass is 10.1. The second kappa shape index (κ2) is 6.43. The number of hydrogen-bond donors (Lipinski definition) is 0. The summed E-state index contributed by atoms with van der Waals surface area (Å²) in [5.74, 6) is 1.82. The number of fused-ring (bicyclic) bond motifs is 2. The minimum atomic E-state index is 0.747. The highest BCUT2D eigenvalue weighted by Gasteiger charge is 2.06. The van der Waals surface area contributed by atoms with E-state index in [1.807, 2.05) is 24.3 Å². The van der Waals surface area contributed by atoms with Crippen LogP contribution in [0.2, 0.25) is 0 Å². The van der Waals surface area contributed by atoms with Gasteiger partial charge in [-0.2, -0.15) is 0 Å². The Kier molecular flexibility index (Phi) is 4.19. The standard InChI is InChI=1S/2C9H9NO/c1-7-2-3-9-8(4-7)5-10-6-11-9;1-7-2-3-9-8(6-7)4-5-10-11-9/h2-4,6H,5H2,1H3;2-3,5-6H,4H2,1H3. The lowest BCUT2D eigenvalue weighted by Gasteiger charge is -2.10. The fraction of sp³-hybridized carbons (Fsp3) is 0.222. The first-order valence-corrected chi connectivity index (χ1v) is 7.25. The highest BCUT2D eigenvalue weighted by atomic mass is 16.6. The van der Waals surface area contributed by atoms with Crippen molar-refractivity contribution < 1.29 is 9.57 Å². The van der Waals surface area contributed by atoms with E-state index in [2.05, 4.69) is 36.1 Å². The Balaban J connectivity index is 0.000000131. The molecule has 2 aromatic rings. The molecular formula is C18H18N2O2. The molecule has 112 valence electrons. The molecule has 4 heteroatoms. The molecule has 0 bridgehead atoms. The molecule has 0 saturated carbocycles. The SMILES string of the molecule is Cc1ccc2c(c1)CC=NO2.Cc1ccc2c(c1)CN=CO2. The normalized spacial score (nSPS) is 13.9. The molecule has 0 spiro atoms. The largest absolute Gasteiger partial charge is 0.446 e. The number of hydrogen-bond acceptors (Lipinski definition) is 4. The third kappa shape index (κ3) is 3.34. The average Bonchev–Trinajstić information content (AvgIpc) is 2.55. The van der Waals surface area contributed by atoms with E-state index in [-0.39, 0.29) is 0 Å². The second-order valence-corrected chi connectivity index (χ2v) is 5.37. The summed E-state index contributed by atoms with van der Waals surface area (Å²) in [6, 6.07) is 12.2. The first-order valence-electron chi connectivity index (χ1n) is 7.25. The molecule has 0 unspecified atom stereocenters. The second-order valence-electron chi connectivity index (χ2n) is 5.37. The smallest absolute Gasteiger partial charge is 0.176 e. The molecule has 2 heterocycles. The summed E-state index contributed by atoms with van der Waals surface area (Å²) >= 11 is 0. The molecule has 0 amide bonds.